The second-order valence-electron chi connectivity index (χ2n) is 8.43. The molecule has 6 nitrogen and oxygen atoms in total. The van der Waals surface area contributed by atoms with Crippen LogP contribution in [0.25, 0.3) is 0 Å². The highest BCUT2D eigenvalue weighted by Crippen LogP contribution is 2.40. The molecule has 34 heavy (non-hydrogen) atoms. The van der Waals surface area contributed by atoms with Gasteiger partial charge in [0.2, 0.25) is 0 Å². The van der Waals surface area contributed by atoms with E-state index in [0.717, 1.165) is 43.5 Å². The molecule has 7 heteroatoms. The molecule has 0 bridgehead atoms. The normalized spacial score (nSPS) is 12.6. The summed E-state index contributed by atoms with van der Waals surface area (Å²) in [5.74, 6) is 2.59. The Morgan fingerprint density at radius 2 is 1.62 bits per heavy atom. The Balaban J connectivity index is 1.93. The lowest BCUT2D eigenvalue weighted by Gasteiger charge is -2.32. The minimum atomic E-state index is -0.607. The molecule has 0 fully saturated rings. The zero-order valence-electron chi connectivity index (χ0n) is 20.9. The van der Waals surface area contributed by atoms with Crippen LogP contribution in [-0.2, 0) is 11.8 Å². The number of ether oxygens (including phenoxy) is 4. The zero-order chi connectivity index (χ0) is 25.0. The quantitative estimate of drug-likeness (QED) is 0.364. The van der Waals surface area contributed by atoms with Gasteiger partial charge in [-0.3, -0.25) is 0 Å². The van der Waals surface area contributed by atoms with Crippen molar-refractivity contribution in [3.63, 3.8) is 0 Å². The van der Waals surface area contributed by atoms with Crippen LogP contribution in [0, 0.1) is 17.2 Å². The topological polar surface area (TPSA) is 72.7 Å². The molecule has 2 aromatic rings. The summed E-state index contributed by atoms with van der Waals surface area (Å²) in [7, 11) is 4.79. The molecule has 0 aliphatic rings. The van der Waals surface area contributed by atoms with Crippen LogP contribution in [-0.4, -0.2) is 47.7 Å². The summed E-state index contributed by atoms with van der Waals surface area (Å²) in [6, 6.07) is 14.1. The van der Waals surface area contributed by atoms with Crippen LogP contribution in [0.3, 0.4) is 0 Å². The first-order chi connectivity index (χ1) is 16.4. The van der Waals surface area contributed by atoms with Gasteiger partial charge >= 0.3 is 0 Å². The van der Waals surface area contributed by atoms with E-state index in [1.807, 2.05) is 36.4 Å². The second-order valence-corrected chi connectivity index (χ2v) is 8.43. The molecular weight excluding hydrogens is 435 g/mol. The van der Waals surface area contributed by atoms with Gasteiger partial charge in [-0.25, -0.2) is 4.39 Å². The molecule has 0 heterocycles. The van der Waals surface area contributed by atoms with E-state index in [1.54, 1.807) is 21.3 Å². The van der Waals surface area contributed by atoms with Gasteiger partial charge in [-0.15, -0.1) is 0 Å². The van der Waals surface area contributed by atoms with E-state index in [1.165, 1.54) is 0 Å². The smallest absolute Gasteiger partial charge is 0.161 e. The highest BCUT2D eigenvalue weighted by atomic mass is 19.1. The highest BCUT2D eigenvalue weighted by Gasteiger charge is 2.36. The van der Waals surface area contributed by atoms with Crippen molar-refractivity contribution in [1.82, 2.24) is 5.32 Å². The van der Waals surface area contributed by atoms with Crippen molar-refractivity contribution in [2.45, 2.75) is 38.5 Å². The molecule has 0 aliphatic heterocycles. The molecule has 186 valence electrons. The minimum absolute atomic E-state index is 0.0150. The highest BCUT2D eigenvalue weighted by molar-refractivity contribution is 5.47. The van der Waals surface area contributed by atoms with E-state index in [9.17, 15) is 9.65 Å². The summed E-state index contributed by atoms with van der Waals surface area (Å²) in [6.45, 7) is 5.25. The van der Waals surface area contributed by atoms with Crippen molar-refractivity contribution in [3.05, 3.63) is 47.5 Å². The summed E-state index contributed by atoms with van der Waals surface area (Å²) in [5, 5.41) is 13.7. The van der Waals surface area contributed by atoms with E-state index in [4.69, 9.17) is 18.9 Å². The lowest BCUT2D eigenvalue weighted by Crippen LogP contribution is -2.32. The number of rotatable bonds is 15. The fourth-order valence-electron chi connectivity index (χ4n) is 4.11. The first-order valence-corrected chi connectivity index (χ1v) is 11.7. The predicted molar refractivity (Wildman–Crippen MR) is 132 cm³/mol. The maximum atomic E-state index is 12.4. The van der Waals surface area contributed by atoms with E-state index < -0.39 is 12.1 Å². The average molecular weight is 473 g/mol. The van der Waals surface area contributed by atoms with Gasteiger partial charge in [-0.2, -0.15) is 5.26 Å². The van der Waals surface area contributed by atoms with Gasteiger partial charge in [0, 0.05) is 0 Å². The Morgan fingerprint density at radius 3 is 2.24 bits per heavy atom. The van der Waals surface area contributed by atoms with Crippen LogP contribution in [0.4, 0.5) is 4.39 Å². The molecule has 0 amide bonds. The third-order valence-corrected chi connectivity index (χ3v) is 6.16. The molecule has 2 rings (SSSR count). The van der Waals surface area contributed by atoms with E-state index >= 15 is 0 Å². The molecule has 1 atom stereocenters. The van der Waals surface area contributed by atoms with Gasteiger partial charge in [0.25, 0.3) is 0 Å². The SMILES string of the molecule is COc1ccc([C@@](C#N)(CCCNCCc2ccc(OCCF)c(OC)c2)C(C)C)cc1OC. The van der Waals surface area contributed by atoms with Crippen LogP contribution in [0.5, 0.6) is 23.0 Å². The Labute approximate surface area is 203 Å². The van der Waals surface area contributed by atoms with Crippen molar-refractivity contribution < 1.29 is 23.3 Å². The average Bonchev–Trinajstić information content (AvgIpc) is 2.86. The summed E-state index contributed by atoms with van der Waals surface area (Å²) >= 11 is 0. The zero-order valence-corrected chi connectivity index (χ0v) is 20.9. The summed E-state index contributed by atoms with van der Waals surface area (Å²) < 4.78 is 33.9. The Morgan fingerprint density at radius 1 is 0.941 bits per heavy atom. The van der Waals surface area contributed by atoms with Crippen molar-refractivity contribution in [2.24, 2.45) is 5.92 Å². The van der Waals surface area contributed by atoms with Gasteiger partial charge < -0.3 is 24.3 Å². The fraction of sp³-hybridized carbons (Fsp3) is 0.519. The maximum Gasteiger partial charge on any atom is 0.161 e. The summed E-state index contributed by atoms with van der Waals surface area (Å²) in [5.41, 5.74) is 1.45. The standard InChI is InChI=1S/C27H37FN2O4/c1-20(2)27(19-29,22-8-10-23(31-3)26(18-22)33-5)12-6-14-30-15-11-21-7-9-24(34-16-13-28)25(17-21)32-4/h7-10,17-18,20,30H,6,11-16H2,1-5H3/t27-/m1/s1. The maximum absolute atomic E-state index is 12.4. The number of hydrogen-bond donors (Lipinski definition) is 1. The van der Waals surface area contributed by atoms with Gasteiger partial charge in [0.1, 0.15) is 13.3 Å². The molecule has 0 aliphatic carbocycles. The first-order valence-electron chi connectivity index (χ1n) is 11.7. The number of nitriles is 1. The molecule has 0 unspecified atom stereocenters. The van der Waals surface area contributed by atoms with Crippen molar-refractivity contribution in [2.75, 3.05) is 47.7 Å². The van der Waals surface area contributed by atoms with Gasteiger partial charge in [0.05, 0.1) is 32.8 Å². The number of nitrogens with one attached hydrogen (secondary N) is 1. The van der Waals surface area contributed by atoms with Gasteiger partial charge in [-0.05, 0) is 73.7 Å². The van der Waals surface area contributed by atoms with Crippen LogP contribution < -0.4 is 24.3 Å². The summed E-state index contributed by atoms with van der Waals surface area (Å²) in [4.78, 5) is 0. The molecular formula is C27H37FN2O4. The van der Waals surface area contributed by atoms with E-state index in [2.05, 4.69) is 25.2 Å². The second kappa shape index (κ2) is 13.7. The van der Waals surface area contributed by atoms with E-state index in [0.29, 0.717) is 23.0 Å². The number of hydrogen-bond acceptors (Lipinski definition) is 6. The monoisotopic (exact) mass is 472 g/mol. The van der Waals surface area contributed by atoms with Crippen molar-refractivity contribution >= 4 is 0 Å². The van der Waals surface area contributed by atoms with Crippen LogP contribution >= 0.6 is 0 Å². The number of methoxy groups -OCH3 is 3. The van der Waals surface area contributed by atoms with Gasteiger partial charge in [-0.1, -0.05) is 26.0 Å². The third-order valence-electron chi connectivity index (χ3n) is 6.16. The van der Waals surface area contributed by atoms with Gasteiger partial charge in [0.15, 0.2) is 23.0 Å². The minimum Gasteiger partial charge on any atom is -0.493 e. The number of benzene rings is 2. The molecule has 0 saturated heterocycles. The number of nitrogens with zero attached hydrogens (tertiary/aromatic N) is 1. The van der Waals surface area contributed by atoms with Crippen LogP contribution in [0.15, 0.2) is 36.4 Å². The molecule has 0 spiro atoms. The molecule has 1 N–H and O–H groups in total. The largest absolute Gasteiger partial charge is 0.493 e. The lowest BCUT2D eigenvalue weighted by molar-refractivity contribution is 0.260. The van der Waals surface area contributed by atoms with Crippen molar-refractivity contribution in [3.8, 4) is 29.1 Å². The van der Waals surface area contributed by atoms with Crippen LogP contribution in [0.1, 0.15) is 37.8 Å². The Hall–Kier alpha value is -2.98. The molecule has 0 aromatic heterocycles. The van der Waals surface area contributed by atoms with Crippen LogP contribution in [0.2, 0.25) is 0 Å². The molecule has 0 radical (unpaired) electrons. The van der Waals surface area contributed by atoms with E-state index in [-0.39, 0.29) is 12.5 Å². The van der Waals surface area contributed by atoms with Crippen molar-refractivity contribution in [1.29, 1.82) is 5.26 Å². The molecule has 0 saturated carbocycles. The third kappa shape index (κ3) is 6.77. The Bertz CT molecular complexity index is 945. The Kier molecular flexibility index (Phi) is 11.0. The first kappa shape index (κ1) is 27.3. The summed E-state index contributed by atoms with van der Waals surface area (Å²) in [6.07, 6.45) is 2.42. The molecule has 2 aromatic carbocycles. The predicted octanol–water partition coefficient (Wildman–Crippen LogP) is 5.09. The fourth-order valence-corrected chi connectivity index (χ4v) is 4.11. The number of alkyl halides is 1. The number of halogens is 1. The lowest BCUT2D eigenvalue weighted by atomic mass is 9.70.